The van der Waals surface area contributed by atoms with Crippen LogP contribution in [0.5, 0.6) is 0 Å². The van der Waals surface area contributed by atoms with Gasteiger partial charge in [-0.15, -0.1) is 0 Å². The molecular formula is C24H33N3O4S. The van der Waals surface area contributed by atoms with Gasteiger partial charge < -0.3 is 25.8 Å². The highest BCUT2D eigenvalue weighted by atomic mass is 32.1. The zero-order valence-corrected chi connectivity index (χ0v) is 19.1. The minimum absolute atomic E-state index is 0.0823. The van der Waals surface area contributed by atoms with Crippen LogP contribution in [0.3, 0.4) is 0 Å². The van der Waals surface area contributed by atoms with Crippen LogP contribution in [-0.2, 0) is 14.3 Å². The molecule has 174 valence electrons. The van der Waals surface area contributed by atoms with E-state index in [2.05, 4.69) is 28.1 Å². The van der Waals surface area contributed by atoms with E-state index in [-0.39, 0.29) is 18.9 Å². The van der Waals surface area contributed by atoms with Crippen molar-refractivity contribution in [2.24, 2.45) is 11.8 Å². The summed E-state index contributed by atoms with van der Waals surface area (Å²) in [6, 6.07) is 9.58. The fourth-order valence-electron chi connectivity index (χ4n) is 4.64. The summed E-state index contributed by atoms with van der Waals surface area (Å²) in [6.07, 6.45) is 10.6. The first-order valence-corrected chi connectivity index (χ1v) is 11.8. The van der Waals surface area contributed by atoms with Gasteiger partial charge in [-0.05, 0) is 74.7 Å². The topological polar surface area (TPSA) is 99.7 Å². The first-order valence-electron chi connectivity index (χ1n) is 11.4. The SMILES string of the molecule is O=C(O)CCCC=CC[C@@H]1[C@H](CCNC(=O)CNC(=S)Nc2ccccc2)[C@@H]2CC[C@H]1O2. The number of aliphatic carboxylic acids is 1. The number of anilines is 1. The van der Waals surface area contributed by atoms with Crippen LogP contribution in [-0.4, -0.2) is 47.4 Å². The van der Waals surface area contributed by atoms with Crippen LogP contribution < -0.4 is 16.0 Å². The molecule has 2 aliphatic rings. The van der Waals surface area contributed by atoms with Crippen LogP contribution >= 0.6 is 12.2 Å². The number of unbranched alkanes of at least 4 members (excludes halogenated alkanes) is 1. The van der Waals surface area contributed by atoms with E-state index in [4.69, 9.17) is 22.1 Å². The van der Waals surface area contributed by atoms with Gasteiger partial charge in [-0.2, -0.15) is 0 Å². The van der Waals surface area contributed by atoms with Gasteiger partial charge in [0.05, 0.1) is 18.8 Å². The normalized spacial score (nSPS) is 23.9. The summed E-state index contributed by atoms with van der Waals surface area (Å²) >= 11 is 5.23. The Morgan fingerprint density at radius 1 is 1.09 bits per heavy atom. The fourth-order valence-corrected chi connectivity index (χ4v) is 4.83. The minimum atomic E-state index is -0.744. The number of thiocarbonyl (C=S) groups is 1. The van der Waals surface area contributed by atoms with Crippen molar-refractivity contribution >= 4 is 34.9 Å². The third-order valence-corrected chi connectivity index (χ3v) is 6.41. The summed E-state index contributed by atoms with van der Waals surface area (Å²) in [7, 11) is 0. The summed E-state index contributed by atoms with van der Waals surface area (Å²) in [5.74, 6) is 0.0984. The number of para-hydroxylation sites is 1. The molecule has 0 aromatic heterocycles. The number of rotatable bonds is 12. The van der Waals surface area contributed by atoms with Gasteiger partial charge in [0.15, 0.2) is 5.11 Å². The number of amides is 1. The lowest BCUT2D eigenvalue weighted by Crippen LogP contribution is -2.40. The summed E-state index contributed by atoms with van der Waals surface area (Å²) in [4.78, 5) is 22.8. The molecule has 0 radical (unpaired) electrons. The van der Waals surface area contributed by atoms with E-state index in [0.29, 0.717) is 42.1 Å². The number of allylic oxidation sites excluding steroid dienone is 2. The van der Waals surface area contributed by atoms with E-state index in [1.54, 1.807) is 0 Å². The first-order chi connectivity index (χ1) is 15.5. The molecule has 3 rings (SSSR count). The van der Waals surface area contributed by atoms with Crippen molar-refractivity contribution in [3.63, 3.8) is 0 Å². The lowest BCUT2D eigenvalue weighted by Gasteiger charge is -2.27. The number of hydrogen-bond donors (Lipinski definition) is 4. The number of fused-ring (bicyclic) bond motifs is 2. The van der Waals surface area contributed by atoms with Gasteiger partial charge >= 0.3 is 5.97 Å². The van der Waals surface area contributed by atoms with Crippen molar-refractivity contribution < 1.29 is 19.4 Å². The Kier molecular flexibility index (Phi) is 9.49. The molecule has 2 bridgehead atoms. The maximum absolute atomic E-state index is 12.2. The molecule has 2 fully saturated rings. The van der Waals surface area contributed by atoms with Crippen LogP contribution in [0, 0.1) is 11.8 Å². The molecule has 1 aromatic carbocycles. The Balaban J connectivity index is 1.33. The molecule has 2 saturated heterocycles. The van der Waals surface area contributed by atoms with E-state index >= 15 is 0 Å². The van der Waals surface area contributed by atoms with E-state index in [1.165, 1.54) is 0 Å². The highest BCUT2D eigenvalue weighted by molar-refractivity contribution is 7.80. The van der Waals surface area contributed by atoms with Crippen LogP contribution in [0.15, 0.2) is 42.5 Å². The van der Waals surface area contributed by atoms with Crippen molar-refractivity contribution in [2.45, 2.75) is 57.2 Å². The van der Waals surface area contributed by atoms with E-state index in [1.807, 2.05) is 30.3 Å². The lowest BCUT2D eigenvalue weighted by atomic mass is 9.76. The van der Waals surface area contributed by atoms with E-state index < -0.39 is 5.97 Å². The molecule has 2 aliphatic heterocycles. The summed E-state index contributed by atoms with van der Waals surface area (Å²) in [5.41, 5.74) is 0.878. The third kappa shape index (κ3) is 7.60. The zero-order valence-electron chi connectivity index (χ0n) is 18.3. The third-order valence-electron chi connectivity index (χ3n) is 6.17. The number of hydrogen-bond acceptors (Lipinski definition) is 4. The Morgan fingerprint density at radius 2 is 1.84 bits per heavy atom. The van der Waals surface area contributed by atoms with Crippen LogP contribution in [0.2, 0.25) is 0 Å². The predicted octanol–water partition coefficient (Wildman–Crippen LogP) is 3.47. The average Bonchev–Trinajstić information content (AvgIpc) is 3.37. The number of carboxylic acids is 1. The van der Waals surface area contributed by atoms with E-state index in [0.717, 1.165) is 37.8 Å². The molecule has 2 heterocycles. The van der Waals surface area contributed by atoms with Crippen LogP contribution in [0.1, 0.15) is 44.9 Å². The quantitative estimate of drug-likeness (QED) is 0.216. The fraction of sp³-hybridized carbons (Fsp3) is 0.542. The number of carboxylic acid groups (broad SMARTS) is 1. The molecule has 8 heteroatoms. The number of nitrogens with one attached hydrogen (secondary N) is 3. The van der Waals surface area contributed by atoms with Gasteiger partial charge in [0, 0.05) is 18.7 Å². The monoisotopic (exact) mass is 459 g/mol. The molecule has 0 spiro atoms. The van der Waals surface area contributed by atoms with Gasteiger partial charge in [0.25, 0.3) is 0 Å². The Labute approximate surface area is 195 Å². The maximum atomic E-state index is 12.2. The van der Waals surface area contributed by atoms with Crippen molar-refractivity contribution in [3.05, 3.63) is 42.5 Å². The molecule has 0 aliphatic carbocycles. The van der Waals surface area contributed by atoms with Crippen LogP contribution in [0.4, 0.5) is 5.69 Å². The Bertz CT molecular complexity index is 802. The smallest absolute Gasteiger partial charge is 0.303 e. The molecule has 1 aromatic rings. The Hall–Kier alpha value is -2.45. The van der Waals surface area contributed by atoms with Gasteiger partial charge in [0.1, 0.15) is 0 Å². The van der Waals surface area contributed by atoms with Crippen LogP contribution in [0.25, 0.3) is 0 Å². The second-order valence-electron chi connectivity index (χ2n) is 8.42. The first kappa shape index (κ1) is 24.2. The number of carbonyl (C=O) groups is 2. The standard InChI is InChI=1S/C24H33N3O4S/c28-22(16-26-24(32)27-17-8-4-3-5-9-17)25-15-14-19-18(20-12-13-21(19)31-20)10-6-1-2-7-11-23(29)30/h1,3-6,8-9,18-21H,2,7,10-16H2,(H,25,28)(H,29,30)(H2,26,27,32)/t18-,19+,20-,21+/m1/s1. The average molecular weight is 460 g/mol. The molecular weight excluding hydrogens is 426 g/mol. The van der Waals surface area contributed by atoms with Crippen molar-refractivity contribution in [3.8, 4) is 0 Å². The molecule has 0 saturated carbocycles. The number of benzene rings is 1. The van der Waals surface area contributed by atoms with Crippen molar-refractivity contribution in [2.75, 3.05) is 18.4 Å². The molecule has 4 N–H and O–H groups in total. The molecule has 4 atom stereocenters. The van der Waals surface area contributed by atoms with Gasteiger partial charge in [0.2, 0.25) is 5.91 Å². The minimum Gasteiger partial charge on any atom is -0.481 e. The Morgan fingerprint density at radius 3 is 2.59 bits per heavy atom. The van der Waals surface area contributed by atoms with Crippen molar-refractivity contribution in [1.29, 1.82) is 0 Å². The van der Waals surface area contributed by atoms with Gasteiger partial charge in [-0.3, -0.25) is 9.59 Å². The largest absolute Gasteiger partial charge is 0.481 e. The van der Waals surface area contributed by atoms with Gasteiger partial charge in [-0.25, -0.2) is 0 Å². The summed E-state index contributed by atoms with van der Waals surface area (Å²) < 4.78 is 6.14. The molecule has 7 nitrogen and oxygen atoms in total. The van der Waals surface area contributed by atoms with Gasteiger partial charge in [-0.1, -0.05) is 30.4 Å². The molecule has 0 unspecified atom stereocenters. The zero-order chi connectivity index (χ0) is 22.8. The second-order valence-corrected chi connectivity index (χ2v) is 8.83. The predicted molar refractivity (Wildman–Crippen MR) is 128 cm³/mol. The highest BCUT2D eigenvalue weighted by Crippen LogP contribution is 2.46. The van der Waals surface area contributed by atoms with E-state index in [9.17, 15) is 9.59 Å². The molecule has 32 heavy (non-hydrogen) atoms. The number of carbonyl (C=O) groups excluding carboxylic acids is 1. The summed E-state index contributed by atoms with van der Waals surface area (Å²) in [5, 5.41) is 18.1. The second kappa shape index (κ2) is 12.6. The molecule has 1 amide bonds. The summed E-state index contributed by atoms with van der Waals surface area (Å²) in [6.45, 7) is 0.754. The number of ether oxygens (including phenoxy) is 1. The lowest BCUT2D eigenvalue weighted by molar-refractivity contribution is -0.137. The maximum Gasteiger partial charge on any atom is 0.303 e. The van der Waals surface area contributed by atoms with Crippen molar-refractivity contribution in [1.82, 2.24) is 10.6 Å². The highest BCUT2D eigenvalue weighted by Gasteiger charge is 2.47.